The van der Waals surface area contributed by atoms with Crippen molar-refractivity contribution >= 4 is 15.9 Å². The van der Waals surface area contributed by atoms with Crippen LogP contribution in [0.1, 0.15) is 52.9 Å². The molecule has 0 radical (unpaired) electrons. The normalized spacial score (nSPS) is 53.5. The zero-order chi connectivity index (χ0) is 16.9. The van der Waals surface area contributed by atoms with Crippen molar-refractivity contribution in [1.29, 1.82) is 0 Å². The first-order valence-corrected chi connectivity index (χ1v) is 10.5. The van der Waals surface area contributed by atoms with Gasteiger partial charge < -0.3 is 14.2 Å². The minimum Gasteiger partial charge on any atom is -0.352 e. The van der Waals surface area contributed by atoms with Crippen molar-refractivity contribution in [2.45, 2.75) is 76.8 Å². The van der Waals surface area contributed by atoms with Crippen LogP contribution in [0.2, 0.25) is 0 Å². The van der Waals surface area contributed by atoms with Gasteiger partial charge in [0.2, 0.25) is 5.79 Å². The maximum atomic E-state index is 6.34. The molecule has 5 rings (SSSR count). The highest BCUT2D eigenvalue weighted by molar-refractivity contribution is 9.09. The van der Waals surface area contributed by atoms with E-state index < -0.39 is 17.7 Å². The number of hydrogen-bond donors (Lipinski definition) is 0. The van der Waals surface area contributed by atoms with E-state index in [1.165, 1.54) is 6.42 Å². The van der Waals surface area contributed by atoms with Gasteiger partial charge in [0.1, 0.15) is 0 Å². The zero-order valence-corrected chi connectivity index (χ0v) is 16.4. The first-order valence-electron chi connectivity index (χ1n) is 9.38. The molecule has 6 heteroatoms. The van der Waals surface area contributed by atoms with Gasteiger partial charge in [-0.1, -0.05) is 29.8 Å². The van der Waals surface area contributed by atoms with Crippen LogP contribution < -0.4 is 0 Å². The molecular weight excluding hydrogens is 376 g/mol. The summed E-state index contributed by atoms with van der Waals surface area (Å²) in [5.41, 5.74) is -0.484. The Balaban J connectivity index is 1.64. The molecule has 1 aliphatic carbocycles. The third-order valence-corrected chi connectivity index (χ3v) is 7.22. The summed E-state index contributed by atoms with van der Waals surface area (Å²) >= 11 is 3.45. The predicted molar refractivity (Wildman–Crippen MR) is 91.2 cm³/mol. The molecule has 5 fully saturated rings. The second kappa shape index (κ2) is 6.46. The molecule has 0 unspecified atom stereocenters. The lowest BCUT2D eigenvalue weighted by Gasteiger charge is -2.60. The number of rotatable bonds is 4. The second-order valence-electron chi connectivity index (χ2n) is 8.19. The molecule has 0 aromatic heterocycles. The van der Waals surface area contributed by atoms with Crippen molar-refractivity contribution in [3.05, 3.63) is 0 Å². The Morgan fingerprint density at radius 1 is 1.12 bits per heavy atom. The molecule has 0 N–H and O–H groups in total. The molecule has 1 saturated carbocycles. The van der Waals surface area contributed by atoms with E-state index >= 15 is 0 Å². The lowest BCUT2D eigenvalue weighted by molar-refractivity contribution is -0.577. The number of hydrogen-bond acceptors (Lipinski definition) is 5. The standard InChI is InChI=1S/C18H29BrO5/c1-11-5-6-14-12(2)15(20-10-4-9-19)21-16-18(14)13(11)7-8-17(3,22-16)23-24-18/h11-16H,4-10H2,1-3H3/t11-,12-,13+,14+,15+,16-,17-,18-/m1/s1. The van der Waals surface area contributed by atoms with Crippen LogP contribution in [-0.2, 0) is 24.0 Å². The molecule has 1 spiro atoms. The van der Waals surface area contributed by atoms with Crippen molar-refractivity contribution in [2.75, 3.05) is 11.9 Å². The van der Waals surface area contributed by atoms with Gasteiger partial charge in [-0.15, -0.1) is 0 Å². The Morgan fingerprint density at radius 3 is 2.75 bits per heavy atom. The van der Waals surface area contributed by atoms with Gasteiger partial charge in [-0.05, 0) is 44.4 Å². The maximum Gasteiger partial charge on any atom is 0.201 e. The van der Waals surface area contributed by atoms with Crippen molar-refractivity contribution in [3.63, 3.8) is 0 Å². The summed E-state index contributed by atoms with van der Waals surface area (Å²) < 4.78 is 18.7. The lowest BCUT2D eigenvalue weighted by atomic mass is 9.58. The van der Waals surface area contributed by atoms with Crippen molar-refractivity contribution < 1.29 is 24.0 Å². The van der Waals surface area contributed by atoms with E-state index in [0.29, 0.717) is 24.4 Å². The molecule has 24 heavy (non-hydrogen) atoms. The Kier molecular flexibility index (Phi) is 4.76. The average molecular weight is 405 g/mol. The number of alkyl halides is 1. The van der Waals surface area contributed by atoms with Crippen LogP contribution in [0, 0.1) is 23.7 Å². The summed E-state index contributed by atoms with van der Waals surface area (Å²) in [6.07, 6.45) is 4.59. The number of fused-ring (bicyclic) bond motifs is 2. The van der Waals surface area contributed by atoms with Crippen LogP contribution in [0.3, 0.4) is 0 Å². The fraction of sp³-hybridized carbons (Fsp3) is 1.00. The molecule has 4 saturated heterocycles. The number of halogens is 1. The Hall–Kier alpha value is 0.280. The summed E-state index contributed by atoms with van der Waals surface area (Å²) in [6.45, 7) is 7.21. The maximum absolute atomic E-state index is 6.34. The monoisotopic (exact) mass is 404 g/mol. The largest absolute Gasteiger partial charge is 0.352 e. The number of ether oxygens (including phenoxy) is 3. The topological polar surface area (TPSA) is 46.2 Å². The van der Waals surface area contributed by atoms with E-state index in [2.05, 4.69) is 29.8 Å². The molecule has 0 amide bonds. The van der Waals surface area contributed by atoms with Crippen LogP contribution in [0.4, 0.5) is 0 Å². The highest BCUT2D eigenvalue weighted by Gasteiger charge is 2.69. The van der Waals surface area contributed by atoms with Crippen molar-refractivity contribution in [2.24, 2.45) is 23.7 Å². The molecule has 4 heterocycles. The predicted octanol–water partition coefficient (Wildman–Crippen LogP) is 4.00. The second-order valence-corrected chi connectivity index (χ2v) is 8.98. The minimum atomic E-state index is -0.710. The summed E-state index contributed by atoms with van der Waals surface area (Å²) in [4.78, 5) is 11.9. The molecule has 4 aliphatic heterocycles. The van der Waals surface area contributed by atoms with E-state index in [1.807, 2.05) is 6.92 Å². The van der Waals surface area contributed by atoms with Crippen LogP contribution in [0.15, 0.2) is 0 Å². The van der Waals surface area contributed by atoms with E-state index in [0.717, 1.165) is 31.0 Å². The van der Waals surface area contributed by atoms with Crippen molar-refractivity contribution in [3.8, 4) is 0 Å². The third kappa shape index (κ3) is 2.60. The van der Waals surface area contributed by atoms with E-state index in [1.54, 1.807) is 0 Å². The van der Waals surface area contributed by atoms with Gasteiger partial charge in [0.05, 0.1) is 6.61 Å². The van der Waals surface area contributed by atoms with Crippen LogP contribution >= 0.6 is 15.9 Å². The third-order valence-electron chi connectivity index (χ3n) is 6.66. The quantitative estimate of drug-likeness (QED) is 0.402. The SMILES string of the molecule is C[C@H]1[C@@H](OCCCBr)O[C@@H]2O[C@@]3(C)CC[C@H]4[C@H](C)CC[C@@H]1[C@@]24OO3. The van der Waals surface area contributed by atoms with Gasteiger partial charge in [-0.3, -0.25) is 0 Å². The first kappa shape index (κ1) is 17.7. The Morgan fingerprint density at radius 2 is 1.96 bits per heavy atom. The lowest BCUT2D eigenvalue weighted by Crippen LogP contribution is -2.70. The molecule has 0 aromatic rings. The summed E-state index contributed by atoms with van der Waals surface area (Å²) in [5.74, 6) is 0.906. The summed E-state index contributed by atoms with van der Waals surface area (Å²) in [5, 5.41) is 0.940. The molecule has 138 valence electrons. The fourth-order valence-corrected chi connectivity index (χ4v) is 5.55. The highest BCUT2D eigenvalue weighted by atomic mass is 79.9. The Bertz CT molecular complexity index is 476. The van der Waals surface area contributed by atoms with Gasteiger partial charge in [0, 0.05) is 23.6 Å². The van der Waals surface area contributed by atoms with Crippen LogP contribution in [0.25, 0.3) is 0 Å². The smallest absolute Gasteiger partial charge is 0.201 e. The molecule has 2 bridgehead atoms. The van der Waals surface area contributed by atoms with Gasteiger partial charge in [0.25, 0.3) is 0 Å². The molecular formula is C18H29BrO5. The van der Waals surface area contributed by atoms with Gasteiger partial charge in [-0.2, -0.15) is 0 Å². The van der Waals surface area contributed by atoms with Gasteiger partial charge >= 0.3 is 0 Å². The van der Waals surface area contributed by atoms with E-state index in [4.69, 9.17) is 24.0 Å². The van der Waals surface area contributed by atoms with Crippen LogP contribution in [-0.4, -0.2) is 35.9 Å². The van der Waals surface area contributed by atoms with Gasteiger partial charge in [-0.25, -0.2) is 9.78 Å². The average Bonchev–Trinajstić information content (AvgIpc) is 2.78. The summed E-state index contributed by atoms with van der Waals surface area (Å²) in [6, 6.07) is 0. The highest BCUT2D eigenvalue weighted by Crippen LogP contribution is 2.60. The summed E-state index contributed by atoms with van der Waals surface area (Å²) in [7, 11) is 0. The fourth-order valence-electron chi connectivity index (χ4n) is 5.32. The first-order chi connectivity index (χ1) is 11.5. The molecule has 5 aliphatic rings. The van der Waals surface area contributed by atoms with E-state index in [9.17, 15) is 0 Å². The molecule has 0 aromatic carbocycles. The molecule has 5 nitrogen and oxygen atoms in total. The van der Waals surface area contributed by atoms with Crippen molar-refractivity contribution in [1.82, 2.24) is 0 Å². The molecule has 8 atom stereocenters. The van der Waals surface area contributed by atoms with E-state index in [-0.39, 0.29) is 12.2 Å². The van der Waals surface area contributed by atoms with Gasteiger partial charge in [0.15, 0.2) is 18.2 Å². The van der Waals surface area contributed by atoms with Crippen LogP contribution in [0.5, 0.6) is 0 Å². The minimum absolute atomic E-state index is 0.231. The zero-order valence-electron chi connectivity index (χ0n) is 14.8. The Labute approximate surface area is 152 Å².